The van der Waals surface area contributed by atoms with Crippen molar-refractivity contribution < 1.29 is 19.0 Å². The molecular formula is C20H17ClN2O4. The van der Waals surface area contributed by atoms with E-state index in [1.807, 2.05) is 0 Å². The van der Waals surface area contributed by atoms with Gasteiger partial charge in [0.25, 0.3) is 0 Å². The van der Waals surface area contributed by atoms with Gasteiger partial charge < -0.3 is 14.2 Å². The van der Waals surface area contributed by atoms with Crippen LogP contribution in [0.25, 0.3) is 0 Å². The number of nitrogens with zero attached hydrogens (tertiary/aromatic N) is 1. The minimum atomic E-state index is -0.927. The summed E-state index contributed by atoms with van der Waals surface area (Å²) in [6, 6.07) is 5.37. The standard InChI is InChI=1S/C20H17ClN2O4/c1-3-7-26-19-13(21)8-11(9-16(19)25-2)17-12(10-22)20(23)27-15-6-4-5-14(24)18(15)17/h1,8-9,12,17,23H,4-7H2,2H3. The van der Waals surface area contributed by atoms with Gasteiger partial charge in [0.1, 0.15) is 18.3 Å². The largest absolute Gasteiger partial charge is 0.493 e. The molecule has 138 valence electrons. The van der Waals surface area contributed by atoms with Crippen LogP contribution < -0.4 is 9.47 Å². The Balaban J connectivity index is 2.16. The van der Waals surface area contributed by atoms with E-state index in [1.165, 1.54) is 7.11 Å². The van der Waals surface area contributed by atoms with Crippen LogP contribution in [-0.2, 0) is 9.53 Å². The van der Waals surface area contributed by atoms with E-state index in [0.717, 1.165) is 0 Å². The first-order chi connectivity index (χ1) is 13.0. The van der Waals surface area contributed by atoms with Crippen molar-refractivity contribution >= 4 is 23.3 Å². The Morgan fingerprint density at radius 2 is 2.22 bits per heavy atom. The van der Waals surface area contributed by atoms with E-state index >= 15 is 0 Å². The van der Waals surface area contributed by atoms with Crippen LogP contribution in [0.15, 0.2) is 23.5 Å². The van der Waals surface area contributed by atoms with Gasteiger partial charge in [-0.3, -0.25) is 10.2 Å². The molecule has 0 bridgehead atoms. The number of carbonyl (C=O) groups excluding carboxylic acids is 1. The normalized spacial score (nSPS) is 21.6. The molecule has 1 N–H and O–H groups in total. The maximum absolute atomic E-state index is 12.6. The Bertz CT molecular complexity index is 923. The Morgan fingerprint density at radius 1 is 1.44 bits per heavy atom. The average Bonchev–Trinajstić information content (AvgIpc) is 2.65. The van der Waals surface area contributed by atoms with Gasteiger partial charge in [0, 0.05) is 24.3 Å². The van der Waals surface area contributed by atoms with Gasteiger partial charge in [-0.1, -0.05) is 17.5 Å². The van der Waals surface area contributed by atoms with Crippen LogP contribution >= 0.6 is 11.6 Å². The van der Waals surface area contributed by atoms with E-state index in [0.29, 0.717) is 47.7 Å². The first-order valence-electron chi connectivity index (χ1n) is 8.37. The van der Waals surface area contributed by atoms with Gasteiger partial charge in [0.15, 0.2) is 17.3 Å². The molecule has 1 heterocycles. The van der Waals surface area contributed by atoms with E-state index in [4.69, 9.17) is 37.6 Å². The second kappa shape index (κ2) is 7.73. The highest BCUT2D eigenvalue weighted by molar-refractivity contribution is 6.32. The molecule has 0 radical (unpaired) electrons. The number of hydrogen-bond donors (Lipinski definition) is 1. The maximum atomic E-state index is 12.6. The molecule has 1 aromatic rings. The minimum Gasteiger partial charge on any atom is -0.493 e. The third kappa shape index (κ3) is 3.37. The number of ketones is 1. The van der Waals surface area contributed by atoms with E-state index < -0.39 is 11.8 Å². The summed E-state index contributed by atoms with van der Waals surface area (Å²) in [4.78, 5) is 12.6. The molecule has 0 fully saturated rings. The zero-order chi connectivity index (χ0) is 19.6. The lowest BCUT2D eigenvalue weighted by molar-refractivity contribution is -0.116. The number of nitriles is 1. The van der Waals surface area contributed by atoms with Crippen molar-refractivity contribution in [3.8, 4) is 29.9 Å². The van der Waals surface area contributed by atoms with Gasteiger partial charge in [-0.2, -0.15) is 5.26 Å². The van der Waals surface area contributed by atoms with Gasteiger partial charge in [0.2, 0.25) is 5.90 Å². The van der Waals surface area contributed by atoms with Crippen molar-refractivity contribution in [3.05, 3.63) is 34.1 Å². The number of Topliss-reactive ketones (excluding diaryl/α,β-unsaturated/α-hetero) is 1. The fraction of sp³-hybridized carbons (Fsp3) is 0.350. The highest BCUT2D eigenvalue weighted by atomic mass is 35.5. The first-order valence-corrected chi connectivity index (χ1v) is 8.75. The number of ether oxygens (including phenoxy) is 3. The summed E-state index contributed by atoms with van der Waals surface area (Å²) in [6.07, 6.45) is 6.84. The summed E-state index contributed by atoms with van der Waals surface area (Å²) in [7, 11) is 1.46. The fourth-order valence-corrected chi connectivity index (χ4v) is 3.74. The smallest absolute Gasteiger partial charge is 0.205 e. The predicted molar refractivity (Wildman–Crippen MR) is 98.9 cm³/mol. The lowest BCUT2D eigenvalue weighted by Crippen LogP contribution is -2.34. The van der Waals surface area contributed by atoms with Gasteiger partial charge in [-0.15, -0.1) is 6.42 Å². The van der Waals surface area contributed by atoms with Crippen LogP contribution in [0.1, 0.15) is 30.7 Å². The molecule has 0 saturated heterocycles. The van der Waals surface area contributed by atoms with Gasteiger partial charge in [-0.05, 0) is 24.1 Å². The van der Waals surface area contributed by atoms with Crippen molar-refractivity contribution in [1.82, 2.24) is 0 Å². The quantitative estimate of drug-likeness (QED) is 0.800. The number of methoxy groups -OCH3 is 1. The van der Waals surface area contributed by atoms with Crippen molar-refractivity contribution in [1.29, 1.82) is 10.7 Å². The predicted octanol–water partition coefficient (Wildman–Crippen LogP) is 3.60. The number of carbonyl (C=O) groups is 1. The number of allylic oxidation sites excluding steroid dienone is 2. The molecule has 6 nitrogen and oxygen atoms in total. The number of benzene rings is 1. The number of hydrogen-bond acceptors (Lipinski definition) is 6. The van der Waals surface area contributed by atoms with Crippen LogP contribution in [0.5, 0.6) is 11.5 Å². The second-order valence-electron chi connectivity index (χ2n) is 6.19. The van der Waals surface area contributed by atoms with Crippen molar-refractivity contribution in [3.63, 3.8) is 0 Å². The second-order valence-corrected chi connectivity index (χ2v) is 6.60. The van der Waals surface area contributed by atoms with Gasteiger partial charge >= 0.3 is 0 Å². The summed E-state index contributed by atoms with van der Waals surface area (Å²) < 4.78 is 16.3. The SMILES string of the molecule is C#CCOc1c(Cl)cc(C2C3=C(CCCC3=O)OC(=N)C2C#N)cc1OC. The monoisotopic (exact) mass is 384 g/mol. The molecule has 1 aromatic carbocycles. The minimum absolute atomic E-state index is 0.0198. The topological polar surface area (TPSA) is 92.4 Å². The third-order valence-corrected chi connectivity index (χ3v) is 4.90. The molecule has 2 atom stereocenters. The molecule has 2 unspecified atom stereocenters. The molecule has 0 saturated carbocycles. The summed E-state index contributed by atoms with van der Waals surface area (Å²) >= 11 is 6.36. The summed E-state index contributed by atoms with van der Waals surface area (Å²) in [5.74, 6) is 1.65. The summed E-state index contributed by atoms with van der Waals surface area (Å²) in [5, 5.41) is 18.0. The van der Waals surface area contributed by atoms with Gasteiger partial charge in [-0.25, -0.2) is 0 Å². The Kier molecular flexibility index (Phi) is 5.39. The van der Waals surface area contributed by atoms with E-state index in [2.05, 4.69) is 12.0 Å². The first kappa shape index (κ1) is 18.8. The van der Waals surface area contributed by atoms with Crippen molar-refractivity contribution in [2.24, 2.45) is 5.92 Å². The Morgan fingerprint density at radius 3 is 2.89 bits per heavy atom. The average molecular weight is 385 g/mol. The Hall–Kier alpha value is -2.96. The molecule has 1 aliphatic heterocycles. The lowest BCUT2D eigenvalue weighted by Gasteiger charge is -2.34. The van der Waals surface area contributed by atoms with Crippen LogP contribution in [0.4, 0.5) is 0 Å². The third-order valence-electron chi connectivity index (χ3n) is 4.62. The van der Waals surface area contributed by atoms with E-state index in [9.17, 15) is 10.1 Å². The molecular weight excluding hydrogens is 368 g/mol. The molecule has 0 aromatic heterocycles. The van der Waals surface area contributed by atoms with Crippen LogP contribution in [0, 0.1) is 35.0 Å². The lowest BCUT2D eigenvalue weighted by atomic mass is 9.74. The maximum Gasteiger partial charge on any atom is 0.205 e. The van der Waals surface area contributed by atoms with E-state index in [-0.39, 0.29) is 23.3 Å². The van der Waals surface area contributed by atoms with Crippen LogP contribution in [-0.4, -0.2) is 25.4 Å². The number of halogens is 1. The highest BCUT2D eigenvalue weighted by Gasteiger charge is 2.43. The molecule has 0 amide bonds. The van der Waals surface area contributed by atoms with Crippen LogP contribution in [0.2, 0.25) is 5.02 Å². The summed E-state index contributed by atoms with van der Waals surface area (Å²) in [5.41, 5.74) is 1.03. The fourth-order valence-electron chi connectivity index (χ4n) is 3.47. The van der Waals surface area contributed by atoms with Crippen molar-refractivity contribution in [2.45, 2.75) is 25.2 Å². The van der Waals surface area contributed by atoms with Gasteiger partial charge in [0.05, 0.1) is 18.2 Å². The molecule has 7 heteroatoms. The zero-order valence-corrected chi connectivity index (χ0v) is 15.4. The number of rotatable bonds is 4. The zero-order valence-electron chi connectivity index (χ0n) is 14.7. The van der Waals surface area contributed by atoms with E-state index in [1.54, 1.807) is 12.1 Å². The molecule has 2 aliphatic rings. The number of nitrogens with one attached hydrogen (secondary N) is 1. The summed E-state index contributed by atoms with van der Waals surface area (Å²) in [6.45, 7) is 0.0198. The molecule has 0 spiro atoms. The molecule has 3 rings (SSSR count). The molecule has 1 aliphatic carbocycles. The Labute approximate surface area is 162 Å². The highest BCUT2D eigenvalue weighted by Crippen LogP contribution is 2.46. The number of terminal acetylenes is 1. The molecule has 27 heavy (non-hydrogen) atoms. The van der Waals surface area contributed by atoms with Crippen LogP contribution in [0.3, 0.4) is 0 Å². The van der Waals surface area contributed by atoms with Crippen molar-refractivity contribution in [2.75, 3.05) is 13.7 Å².